The Morgan fingerprint density at radius 3 is 1.44 bits per heavy atom. The van der Waals surface area contributed by atoms with Crippen LogP contribution in [0.15, 0.2) is 163 Å². The summed E-state index contributed by atoms with van der Waals surface area (Å²) in [5, 5.41) is 2.55. The first kappa shape index (κ1) is 34.3. The Morgan fingerprint density at radius 1 is 0.389 bits per heavy atom. The van der Waals surface area contributed by atoms with Crippen LogP contribution in [0.2, 0.25) is 0 Å². The second kappa shape index (κ2) is 12.6. The van der Waals surface area contributed by atoms with Crippen molar-refractivity contribution in [2.45, 2.75) is 76.5 Å². The maximum absolute atomic E-state index is 2.56. The molecule has 0 bridgehead atoms. The normalized spacial score (nSPS) is 15.5. The van der Waals surface area contributed by atoms with E-state index in [0.717, 1.165) is 0 Å². The lowest BCUT2D eigenvalue weighted by atomic mass is 9.54. The van der Waals surface area contributed by atoms with Gasteiger partial charge in [-0.25, -0.2) is 0 Å². The van der Waals surface area contributed by atoms with Crippen molar-refractivity contribution in [1.82, 2.24) is 0 Å². The summed E-state index contributed by atoms with van der Waals surface area (Å²) in [5.41, 5.74) is 17.3. The third kappa shape index (κ3) is 5.41. The minimum Gasteiger partial charge on any atom is -0.0639 e. The quantitative estimate of drug-likeness (QED) is 0.168. The van der Waals surface area contributed by atoms with E-state index in [0.29, 0.717) is 0 Å². The van der Waals surface area contributed by atoms with E-state index in [1.165, 1.54) is 83.1 Å². The van der Waals surface area contributed by atoms with E-state index in [-0.39, 0.29) is 22.7 Å². The molecule has 7 aromatic rings. The Balaban J connectivity index is 1.35. The van der Waals surface area contributed by atoms with Crippen LogP contribution < -0.4 is 0 Å². The van der Waals surface area contributed by atoms with Crippen molar-refractivity contribution in [2.24, 2.45) is 0 Å². The zero-order valence-electron chi connectivity index (χ0n) is 32.7. The van der Waals surface area contributed by atoms with Crippen LogP contribution >= 0.6 is 0 Å². The summed E-state index contributed by atoms with van der Waals surface area (Å²) in [5.74, 6) is 0.166. The molecule has 0 radical (unpaired) electrons. The molecule has 0 heteroatoms. The van der Waals surface area contributed by atoms with Crippen molar-refractivity contribution in [2.75, 3.05) is 0 Å². The molecule has 0 saturated carbocycles. The lowest BCUT2D eigenvalue weighted by Crippen LogP contribution is -2.41. The van der Waals surface area contributed by atoms with Gasteiger partial charge in [0.25, 0.3) is 0 Å². The molecule has 2 aliphatic carbocycles. The first-order valence-electron chi connectivity index (χ1n) is 19.7. The fraction of sp³-hybridized carbons (Fsp3) is 0.222. The fourth-order valence-corrected chi connectivity index (χ4v) is 9.80. The lowest BCUT2D eigenvalue weighted by Gasteiger charge is -2.47. The van der Waals surface area contributed by atoms with Gasteiger partial charge < -0.3 is 0 Å². The number of hydrogen-bond acceptors (Lipinski definition) is 0. The Kier molecular flexibility index (Phi) is 7.98. The van der Waals surface area contributed by atoms with E-state index in [4.69, 9.17) is 0 Å². The van der Waals surface area contributed by atoms with Crippen molar-refractivity contribution in [3.05, 3.63) is 208 Å². The number of allylic oxidation sites excluding steroid dienone is 1. The van der Waals surface area contributed by atoms with Crippen molar-refractivity contribution in [3.63, 3.8) is 0 Å². The Morgan fingerprint density at radius 2 is 0.889 bits per heavy atom. The van der Waals surface area contributed by atoms with Gasteiger partial charge in [-0.1, -0.05) is 199 Å². The van der Waals surface area contributed by atoms with Gasteiger partial charge in [0.15, 0.2) is 0 Å². The standard InChI is InChI=1S/C54H50/c1-35-30-40-32-39(38-23-22-36-16-14-15-17-37(36)31-38)24-27-45(40)50(35)54(41-18-10-8-11-19-41,42-20-12-9-13-21-42)51-48-33-43(52(2,3)4)25-28-46(48)47-29-26-44(34-49(47)51)53(5,6)7/h8-34,50-51H,1-7H3. The molecular weight excluding hydrogens is 649 g/mol. The van der Waals surface area contributed by atoms with Crippen LogP contribution in [0.5, 0.6) is 0 Å². The average Bonchev–Trinajstić information content (AvgIpc) is 3.68. The predicted molar refractivity (Wildman–Crippen MR) is 231 cm³/mol. The van der Waals surface area contributed by atoms with Gasteiger partial charge >= 0.3 is 0 Å². The van der Waals surface area contributed by atoms with E-state index in [1.54, 1.807) is 0 Å². The van der Waals surface area contributed by atoms with Gasteiger partial charge in [-0.15, -0.1) is 0 Å². The summed E-state index contributed by atoms with van der Waals surface area (Å²) in [4.78, 5) is 0. The first-order valence-corrected chi connectivity index (χ1v) is 19.7. The van der Waals surface area contributed by atoms with Crippen LogP contribution in [0.3, 0.4) is 0 Å². The molecule has 0 amide bonds. The van der Waals surface area contributed by atoms with Crippen LogP contribution in [0.4, 0.5) is 0 Å². The highest BCUT2D eigenvalue weighted by Gasteiger charge is 2.55. The molecule has 266 valence electrons. The predicted octanol–water partition coefficient (Wildman–Crippen LogP) is 14.4. The van der Waals surface area contributed by atoms with Crippen molar-refractivity contribution >= 4 is 16.8 Å². The van der Waals surface area contributed by atoms with Crippen molar-refractivity contribution in [1.29, 1.82) is 0 Å². The summed E-state index contributed by atoms with van der Waals surface area (Å²) in [6, 6.07) is 60.5. The third-order valence-electron chi connectivity index (χ3n) is 12.5. The Hall–Kier alpha value is -5.46. The molecule has 0 nitrogen and oxygen atoms in total. The van der Waals surface area contributed by atoms with Gasteiger partial charge in [0.2, 0.25) is 0 Å². The molecule has 2 aliphatic rings. The van der Waals surface area contributed by atoms with Gasteiger partial charge in [-0.05, 0) is 107 Å². The maximum Gasteiger partial charge on any atom is 0.0418 e. The molecule has 54 heavy (non-hydrogen) atoms. The maximum atomic E-state index is 2.56. The Labute approximate surface area is 322 Å². The fourth-order valence-electron chi connectivity index (χ4n) is 9.80. The summed E-state index contributed by atoms with van der Waals surface area (Å²) in [6.07, 6.45) is 2.49. The molecule has 0 heterocycles. The number of hydrogen-bond donors (Lipinski definition) is 0. The minimum absolute atomic E-state index is 0.0159. The van der Waals surface area contributed by atoms with E-state index < -0.39 is 5.41 Å². The molecule has 0 fully saturated rings. The van der Waals surface area contributed by atoms with Gasteiger partial charge in [-0.3, -0.25) is 0 Å². The Bertz CT molecular complexity index is 2470. The highest BCUT2D eigenvalue weighted by molar-refractivity contribution is 5.88. The van der Waals surface area contributed by atoms with E-state index in [2.05, 4.69) is 212 Å². The largest absolute Gasteiger partial charge is 0.0639 e. The molecule has 1 unspecified atom stereocenters. The molecule has 0 aromatic heterocycles. The van der Waals surface area contributed by atoms with Crippen LogP contribution in [0.1, 0.15) is 105 Å². The summed E-state index contributed by atoms with van der Waals surface area (Å²) in [6.45, 7) is 16.5. The highest BCUT2D eigenvalue weighted by Crippen LogP contribution is 2.65. The SMILES string of the molecule is CC1=Cc2cc(-c3ccc4ccccc4c3)ccc2C1C(c1ccccc1)(c1ccccc1)C1c2cc(C(C)(C)C)ccc2-c2ccc(C(C)(C)C)cc21. The van der Waals surface area contributed by atoms with Crippen molar-refractivity contribution in [3.8, 4) is 22.3 Å². The van der Waals surface area contributed by atoms with Crippen LogP contribution in [0.25, 0.3) is 39.1 Å². The van der Waals surface area contributed by atoms with E-state index in [9.17, 15) is 0 Å². The molecule has 1 atom stereocenters. The molecule has 0 N–H and O–H groups in total. The minimum atomic E-state index is -0.453. The first-order chi connectivity index (χ1) is 25.9. The molecule has 0 saturated heterocycles. The van der Waals surface area contributed by atoms with Crippen LogP contribution in [0, 0.1) is 0 Å². The van der Waals surface area contributed by atoms with Gasteiger partial charge in [0.1, 0.15) is 0 Å². The third-order valence-corrected chi connectivity index (χ3v) is 12.5. The molecule has 0 spiro atoms. The number of benzene rings is 7. The van der Waals surface area contributed by atoms with Crippen LogP contribution in [-0.2, 0) is 16.2 Å². The van der Waals surface area contributed by atoms with Crippen molar-refractivity contribution < 1.29 is 0 Å². The second-order valence-corrected chi connectivity index (χ2v) is 17.9. The van der Waals surface area contributed by atoms with Crippen LogP contribution in [-0.4, -0.2) is 0 Å². The number of rotatable bonds is 5. The summed E-state index contributed by atoms with van der Waals surface area (Å²) >= 11 is 0. The summed E-state index contributed by atoms with van der Waals surface area (Å²) < 4.78 is 0. The highest BCUT2D eigenvalue weighted by atomic mass is 14.6. The van der Waals surface area contributed by atoms with Gasteiger partial charge in [0.05, 0.1) is 0 Å². The van der Waals surface area contributed by atoms with Gasteiger partial charge in [0, 0.05) is 17.3 Å². The molecule has 0 aliphatic heterocycles. The lowest BCUT2D eigenvalue weighted by molar-refractivity contribution is 0.404. The molecule has 7 aromatic carbocycles. The molecule has 9 rings (SSSR count). The molecular formula is C54H50. The van der Waals surface area contributed by atoms with Gasteiger partial charge in [-0.2, -0.15) is 0 Å². The average molecular weight is 699 g/mol. The second-order valence-electron chi connectivity index (χ2n) is 17.9. The number of fused-ring (bicyclic) bond motifs is 5. The monoisotopic (exact) mass is 698 g/mol. The zero-order valence-corrected chi connectivity index (χ0v) is 32.7. The van der Waals surface area contributed by atoms with E-state index >= 15 is 0 Å². The topological polar surface area (TPSA) is 0 Å². The smallest absolute Gasteiger partial charge is 0.0418 e. The summed E-state index contributed by atoms with van der Waals surface area (Å²) in [7, 11) is 0. The zero-order chi connectivity index (χ0) is 37.4. The van der Waals surface area contributed by atoms with E-state index in [1.807, 2.05) is 0 Å².